The van der Waals surface area contributed by atoms with Crippen LogP contribution in [0.5, 0.6) is 0 Å². The molecular weight excluding hydrogens is 310 g/mol. The van der Waals surface area contributed by atoms with Crippen LogP contribution in [0.3, 0.4) is 0 Å². The van der Waals surface area contributed by atoms with E-state index in [1.165, 1.54) is 0 Å². The van der Waals surface area contributed by atoms with Gasteiger partial charge in [0.15, 0.2) is 0 Å². The molecule has 1 heterocycles. The Bertz CT molecular complexity index is 576. The average Bonchev–Trinajstić information content (AvgIpc) is 2.76. The van der Waals surface area contributed by atoms with Gasteiger partial charge in [-0.3, -0.25) is 0 Å². The molecule has 0 aliphatic carbocycles. The summed E-state index contributed by atoms with van der Waals surface area (Å²) in [6.07, 6.45) is 4.86. The van der Waals surface area contributed by atoms with Gasteiger partial charge in [0, 0.05) is 38.9 Å². The van der Waals surface area contributed by atoms with Crippen LogP contribution in [0.1, 0.15) is 38.2 Å². The van der Waals surface area contributed by atoms with Gasteiger partial charge < -0.3 is 4.90 Å². The van der Waals surface area contributed by atoms with Crippen molar-refractivity contribution in [3.63, 3.8) is 0 Å². The molecule has 1 saturated heterocycles. The molecule has 0 amide bonds. The second-order valence-corrected chi connectivity index (χ2v) is 8.30. The van der Waals surface area contributed by atoms with Crippen molar-refractivity contribution < 1.29 is 8.42 Å². The van der Waals surface area contributed by atoms with Crippen molar-refractivity contribution in [3.8, 4) is 0 Å². The molecule has 0 bridgehead atoms. The zero-order valence-corrected chi connectivity index (χ0v) is 15.3. The lowest BCUT2D eigenvalue weighted by Gasteiger charge is -2.23. The summed E-state index contributed by atoms with van der Waals surface area (Å²) >= 11 is 0. The van der Waals surface area contributed by atoms with Gasteiger partial charge in [-0.1, -0.05) is 25.0 Å². The van der Waals surface area contributed by atoms with Crippen molar-refractivity contribution in [1.82, 2.24) is 9.03 Å². The van der Waals surface area contributed by atoms with Crippen molar-refractivity contribution in [1.29, 1.82) is 0 Å². The SMILES string of the molecule is C[C@H](Cc1ccc(N(C)C)cc1)NS(=O)(=O)N1CCCCCC1. The first kappa shape index (κ1) is 18.2. The Morgan fingerprint density at radius 3 is 2.17 bits per heavy atom. The quantitative estimate of drug-likeness (QED) is 0.866. The summed E-state index contributed by atoms with van der Waals surface area (Å²) in [6.45, 7) is 3.20. The zero-order chi connectivity index (χ0) is 16.9. The number of rotatable bonds is 6. The molecule has 0 aromatic heterocycles. The predicted octanol–water partition coefficient (Wildman–Crippen LogP) is 2.39. The molecule has 1 aliphatic rings. The molecule has 0 saturated carbocycles. The van der Waals surface area contributed by atoms with Crippen molar-refractivity contribution in [2.45, 2.75) is 45.1 Å². The second-order valence-electron chi connectivity index (χ2n) is 6.60. The van der Waals surface area contributed by atoms with Crippen LogP contribution in [-0.2, 0) is 16.6 Å². The third-order valence-electron chi connectivity index (χ3n) is 4.25. The Balaban J connectivity index is 1.93. The van der Waals surface area contributed by atoms with Gasteiger partial charge in [0.05, 0.1) is 0 Å². The first-order chi connectivity index (χ1) is 10.9. The van der Waals surface area contributed by atoms with E-state index in [2.05, 4.69) is 33.9 Å². The minimum Gasteiger partial charge on any atom is -0.378 e. The Morgan fingerprint density at radius 2 is 1.65 bits per heavy atom. The number of nitrogens with zero attached hydrogens (tertiary/aromatic N) is 2. The molecule has 23 heavy (non-hydrogen) atoms. The van der Waals surface area contributed by atoms with Gasteiger partial charge in [0.2, 0.25) is 0 Å². The highest BCUT2D eigenvalue weighted by Gasteiger charge is 2.24. The maximum Gasteiger partial charge on any atom is 0.279 e. The van der Waals surface area contributed by atoms with Crippen LogP contribution in [0, 0.1) is 0 Å². The summed E-state index contributed by atoms with van der Waals surface area (Å²) in [5.74, 6) is 0. The van der Waals surface area contributed by atoms with Gasteiger partial charge in [-0.15, -0.1) is 0 Å². The summed E-state index contributed by atoms with van der Waals surface area (Å²) in [7, 11) is 0.641. The summed E-state index contributed by atoms with van der Waals surface area (Å²) in [5, 5.41) is 0. The number of nitrogens with one attached hydrogen (secondary N) is 1. The van der Waals surface area contributed by atoms with Crippen LogP contribution >= 0.6 is 0 Å². The molecule has 1 aromatic carbocycles. The van der Waals surface area contributed by atoms with Crippen LogP contribution < -0.4 is 9.62 Å². The summed E-state index contributed by atoms with van der Waals surface area (Å²) in [6, 6.07) is 8.13. The number of anilines is 1. The molecule has 130 valence electrons. The van der Waals surface area contributed by atoms with Gasteiger partial charge in [-0.2, -0.15) is 17.4 Å². The Kier molecular flexibility index (Phi) is 6.44. The minimum absolute atomic E-state index is 0.117. The van der Waals surface area contributed by atoms with Crippen LogP contribution in [-0.4, -0.2) is 45.9 Å². The number of hydrogen-bond acceptors (Lipinski definition) is 3. The maximum absolute atomic E-state index is 12.5. The summed E-state index contributed by atoms with van der Waals surface area (Å²) in [5.41, 5.74) is 2.29. The molecule has 1 fully saturated rings. The van der Waals surface area contributed by atoms with Gasteiger partial charge >= 0.3 is 0 Å². The maximum atomic E-state index is 12.5. The topological polar surface area (TPSA) is 52.7 Å². The predicted molar refractivity (Wildman–Crippen MR) is 96.0 cm³/mol. The van der Waals surface area contributed by atoms with E-state index in [0.717, 1.165) is 36.9 Å². The molecule has 1 N–H and O–H groups in total. The van der Waals surface area contributed by atoms with E-state index in [-0.39, 0.29) is 6.04 Å². The van der Waals surface area contributed by atoms with Crippen LogP contribution in [0.15, 0.2) is 24.3 Å². The van der Waals surface area contributed by atoms with Crippen molar-refractivity contribution in [3.05, 3.63) is 29.8 Å². The first-order valence-corrected chi connectivity index (χ1v) is 9.86. The fourth-order valence-electron chi connectivity index (χ4n) is 2.94. The first-order valence-electron chi connectivity index (χ1n) is 8.42. The Labute approximate surface area is 140 Å². The van der Waals surface area contributed by atoms with Crippen molar-refractivity contribution in [2.75, 3.05) is 32.1 Å². The van der Waals surface area contributed by atoms with Crippen molar-refractivity contribution in [2.24, 2.45) is 0 Å². The smallest absolute Gasteiger partial charge is 0.279 e. The summed E-state index contributed by atoms with van der Waals surface area (Å²) in [4.78, 5) is 2.05. The standard InChI is InChI=1S/C17H29N3O2S/c1-15(14-16-8-10-17(11-9-16)19(2)3)18-23(21,22)20-12-6-4-5-7-13-20/h8-11,15,18H,4-7,12-14H2,1-3H3/t15-/m1/s1. The molecule has 1 aromatic rings. The highest BCUT2D eigenvalue weighted by atomic mass is 32.2. The highest BCUT2D eigenvalue weighted by molar-refractivity contribution is 7.87. The zero-order valence-electron chi connectivity index (χ0n) is 14.5. The molecule has 6 heteroatoms. The lowest BCUT2D eigenvalue weighted by Crippen LogP contribution is -2.45. The van der Waals surface area contributed by atoms with E-state index >= 15 is 0 Å². The normalized spacial score (nSPS) is 18.4. The lowest BCUT2D eigenvalue weighted by atomic mass is 10.1. The minimum atomic E-state index is -3.37. The molecule has 0 spiro atoms. The summed E-state index contributed by atoms with van der Waals surface area (Å²) < 4.78 is 29.4. The van der Waals surface area contributed by atoms with E-state index in [1.807, 2.05) is 21.0 Å². The number of hydrogen-bond donors (Lipinski definition) is 1. The third-order valence-corrected chi connectivity index (χ3v) is 5.99. The van der Waals surface area contributed by atoms with Crippen LogP contribution in [0.4, 0.5) is 5.69 Å². The number of benzene rings is 1. The molecule has 0 radical (unpaired) electrons. The van der Waals surface area contributed by atoms with E-state index in [4.69, 9.17) is 0 Å². The highest BCUT2D eigenvalue weighted by Crippen LogP contribution is 2.15. The molecular formula is C17H29N3O2S. The van der Waals surface area contributed by atoms with Crippen LogP contribution in [0.2, 0.25) is 0 Å². The molecule has 0 unspecified atom stereocenters. The van der Waals surface area contributed by atoms with Gasteiger partial charge in [-0.05, 0) is 43.9 Å². The molecule has 1 atom stereocenters. The van der Waals surface area contributed by atoms with E-state index < -0.39 is 10.2 Å². The van der Waals surface area contributed by atoms with Crippen molar-refractivity contribution >= 4 is 15.9 Å². The average molecular weight is 340 g/mol. The second kappa shape index (κ2) is 8.13. The van der Waals surface area contributed by atoms with Gasteiger partial charge in [0.25, 0.3) is 10.2 Å². The molecule has 2 rings (SSSR count). The third kappa shape index (κ3) is 5.48. The lowest BCUT2D eigenvalue weighted by molar-refractivity contribution is 0.408. The fraction of sp³-hybridized carbons (Fsp3) is 0.647. The largest absolute Gasteiger partial charge is 0.378 e. The van der Waals surface area contributed by atoms with Crippen LogP contribution in [0.25, 0.3) is 0 Å². The van der Waals surface area contributed by atoms with E-state index in [1.54, 1.807) is 4.31 Å². The Hall–Kier alpha value is -1.11. The Morgan fingerprint density at radius 1 is 1.09 bits per heavy atom. The van der Waals surface area contributed by atoms with Gasteiger partial charge in [0.1, 0.15) is 0 Å². The fourth-order valence-corrected chi connectivity index (χ4v) is 4.42. The monoisotopic (exact) mass is 339 g/mol. The van der Waals surface area contributed by atoms with Gasteiger partial charge in [-0.25, -0.2) is 0 Å². The van der Waals surface area contributed by atoms with E-state index in [0.29, 0.717) is 19.5 Å². The van der Waals surface area contributed by atoms with E-state index in [9.17, 15) is 8.42 Å². The molecule has 5 nitrogen and oxygen atoms in total. The molecule has 1 aliphatic heterocycles.